The third kappa shape index (κ3) is 3.75. The van der Waals surface area contributed by atoms with Crippen LogP contribution in [0.4, 0.5) is 0 Å². The number of sulfonamides is 1. The van der Waals surface area contributed by atoms with Crippen molar-refractivity contribution in [2.75, 3.05) is 13.1 Å². The van der Waals surface area contributed by atoms with Gasteiger partial charge in [0, 0.05) is 30.5 Å². The van der Waals surface area contributed by atoms with Gasteiger partial charge in [-0.15, -0.1) is 0 Å². The van der Waals surface area contributed by atoms with E-state index in [1.54, 1.807) is 24.3 Å². The van der Waals surface area contributed by atoms with Crippen molar-refractivity contribution in [1.82, 2.24) is 4.31 Å². The highest BCUT2D eigenvalue weighted by atomic mass is 32.2. The lowest BCUT2D eigenvalue weighted by molar-refractivity contribution is 0.0909. The summed E-state index contributed by atoms with van der Waals surface area (Å²) in [7, 11) is -3.64. The Kier molecular flexibility index (Phi) is 5.36. The molecule has 4 nitrogen and oxygen atoms in total. The number of carbonyl (C=O) groups excluding carboxylic acids is 1. The molecule has 27 heavy (non-hydrogen) atoms. The van der Waals surface area contributed by atoms with Crippen molar-refractivity contribution in [3.8, 4) is 0 Å². The topological polar surface area (TPSA) is 54.5 Å². The summed E-state index contributed by atoms with van der Waals surface area (Å²) < 4.78 is 27.6. The van der Waals surface area contributed by atoms with E-state index >= 15 is 0 Å². The maximum absolute atomic E-state index is 13.2. The van der Waals surface area contributed by atoms with Gasteiger partial charge in [-0.25, -0.2) is 8.42 Å². The van der Waals surface area contributed by atoms with Gasteiger partial charge in [0.05, 0.1) is 4.90 Å². The van der Waals surface area contributed by atoms with Crippen molar-refractivity contribution >= 4 is 15.8 Å². The van der Waals surface area contributed by atoms with Gasteiger partial charge in [-0.2, -0.15) is 4.31 Å². The number of rotatable bonds is 5. The van der Waals surface area contributed by atoms with E-state index in [-0.39, 0.29) is 29.7 Å². The van der Waals surface area contributed by atoms with Gasteiger partial charge >= 0.3 is 0 Å². The smallest absolute Gasteiger partial charge is 0.243 e. The fraction of sp³-hybridized carbons (Fsp3) is 0.318. The summed E-state index contributed by atoms with van der Waals surface area (Å²) >= 11 is 0. The Balaban J connectivity index is 1.93. The minimum atomic E-state index is -3.64. The molecule has 1 aliphatic rings. The maximum Gasteiger partial charge on any atom is 0.243 e. The molecule has 2 aromatic carbocycles. The Hall–Kier alpha value is -2.24. The Bertz CT molecular complexity index is 977. The largest absolute Gasteiger partial charge is 0.294 e. The third-order valence-corrected chi connectivity index (χ3v) is 7.17. The number of Topliss-reactive ketones (excluding diaryl/α,β-unsaturated/α-hetero) is 1. The molecule has 0 aromatic heterocycles. The molecule has 2 atom stereocenters. The number of hydrogen-bond donors (Lipinski definition) is 0. The lowest BCUT2D eigenvalue weighted by Crippen LogP contribution is -2.30. The summed E-state index contributed by atoms with van der Waals surface area (Å²) in [5.41, 5.74) is 3.40. The van der Waals surface area contributed by atoms with Gasteiger partial charge in [0.15, 0.2) is 5.78 Å². The molecule has 0 bridgehead atoms. The molecule has 142 valence electrons. The van der Waals surface area contributed by atoms with Crippen LogP contribution in [-0.2, 0) is 10.0 Å². The monoisotopic (exact) mass is 383 g/mol. The molecule has 2 aromatic rings. The zero-order valence-electron chi connectivity index (χ0n) is 16.0. The van der Waals surface area contributed by atoms with Gasteiger partial charge in [-0.05, 0) is 38.5 Å². The molecule has 0 amide bonds. The number of nitrogens with zero attached hydrogens (tertiary/aromatic N) is 1. The molecule has 0 aliphatic carbocycles. The number of aryl methyl sites for hydroxylation is 2. The normalized spacial score (nSPS) is 20.6. The third-order valence-electron chi connectivity index (χ3n) is 5.33. The van der Waals surface area contributed by atoms with Crippen LogP contribution in [-0.4, -0.2) is 31.6 Å². The van der Waals surface area contributed by atoms with Crippen LogP contribution in [0.1, 0.15) is 28.4 Å². The molecule has 0 radical (unpaired) electrons. The van der Waals surface area contributed by atoms with Crippen LogP contribution in [0.15, 0.2) is 65.6 Å². The first kappa shape index (κ1) is 19.5. The maximum atomic E-state index is 13.2. The second kappa shape index (κ2) is 7.41. The molecular formula is C22H25NO3S. The highest BCUT2D eigenvalue weighted by Crippen LogP contribution is 2.35. The zero-order valence-corrected chi connectivity index (χ0v) is 16.8. The Morgan fingerprint density at radius 2 is 1.59 bits per heavy atom. The molecule has 0 unspecified atom stereocenters. The van der Waals surface area contributed by atoms with E-state index in [0.29, 0.717) is 5.56 Å². The lowest BCUT2D eigenvalue weighted by Gasteiger charge is -2.18. The molecule has 1 fully saturated rings. The van der Waals surface area contributed by atoms with Crippen molar-refractivity contribution in [2.24, 2.45) is 11.8 Å². The van der Waals surface area contributed by atoms with E-state index < -0.39 is 15.9 Å². The van der Waals surface area contributed by atoms with Gasteiger partial charge in [0.2, 0.25) is 10.0 Å². The predicted molar refractivity (Wildman–Crippen MR) is 107 cm³/mol. The second-order valence-corrected chi connectivity index (χ2v) is 9.31. The first-order valence-electron chi connectivity index (χ1n) is 9.04. The number of benzene rings is 2. The minimum Gasteiger partial charge on any atom is -0.294 e. The van der Waals surface area contributed by atoms with Gasteiger partial charge < -0.3 is 0 Å². The first-order valence-corrected chi connectivity index (χ1v) is 10.5. The van der Waals surface area contributed by atoms with Crippen LogP contribution in [0.3, 0.4) is 0 Å². The number of carbonyl (C=O) groups is 1. The van der Waals surface area contributed by atoms with E-state index in [0.717, 1.165) is 16.7 Å². The Labute approximate surface area is 161 Å². The average molecular weight is 384 g/mol. The van der Waals surface area contributed by atoms with Crippen LogP contribution in [0, 0.1) is 25.7 Å². The first-order chi connectivity index (χ1) is 12.7. The van der Waals surface area contributed by atoms with Crippen molar-refractivity contribution in [1.29, 1.82) is 0 Å². The van der Waals surface area contributed by atoms with Gasteiger partial charge in [-0.1, -0.05) is 54.1 Å². The summed E-state index contributed by atoms with van der Waals surface area (Å²) in [6.45, 7) is 10.2. The van der Waals surface area contributed by atoms with E-state index in [1.165, 1.54) is 4.31 Å². The standard InChI is InChI=1S/C22H25NO3S/c1-15(2)20-13-23(27(25,26)18-11-9-16(3)10-12-18)14-21(20)22(24)19-8-6-5-7-17(19)4/h5-12,20-21H,1,13-14H2,2-4H3/t20-,21+/m0/s1. The van der Waals surface area contributed by atoms with Crippen LogP contribution in [0.25, 0.3) is 0 Å². The fourth-order valence-corrected chi connectivity index (χ4v) is 5.13. The average Bonchev–Trinajstić information content (AvgIpc) is 3.08. The summed E-state index contributed by atoms with van der Waals surface area (Å²) in [5, 5.41) is 0. The fourth-order valence-electron chi connectivity index (χ4n) is 3.64. The van der Waals surface area contributed by atoms with Crippen LogP contribution >= 0.6 is 0 Å². The van der Waals surface area contributed by atoms with Crippen LogP contribution < -0.4 is 0 Å². The minimum absolute atomic E-state index is 0.0114. The number of hydrogen-bond acceptors (Lipinski definition) is 3. The zero-order chi connectivity index (χ0) is 19.8. The molecule has 0 spiro atoms. The van der Waals surface area contributed by atoms with E-state index in [1.807, 2.05) is 45.0 Å². The summed E-state index contributed by atoms with van der Waals surface area (Å²) in [6.07, 6.45) is 0. The molecule has 1 saturated heterocycles. The van der Waals surface area contributed by atoms with Crippen LogP contribution in [0.5, 0.6) is 0 Å². The molecule has 0 N–H and O–H groups in total. The molecule has 5 heteroatoms. The van der Waals surface area contributed by atoms with Crippen molar-refractivity contribution < 1.29 is 13.2 Å². The SMILES string of the molecule is C=C(C)[C@@H]1CN(S(=O)(=O)c2ccc(C)cc2)C[C@H]1C(=O)c1ccccc1C. The van der Waals surface area contributed by atoms with Crippen molar-refractivity contribution in [3.05, 3.63) is 77.4 Å². The highest BCUT2D eigenvalue weighted by molar-refractivity contribution is 7.89. The second-order valence-electron chi connectivity index (χ2n) is 7.37. The van der Waals surface area contributed by atoms with E-state index in [2.05, 4.69) is 6.58 Å². The lowest BCUT2D eigenvalue weighted by atomic mass is 9.84. The van der Waals surface area contributed by atoms with Gasteiger partial charge in [-0.3, -0.25) is 4.79 Å². The van der Waals surface area contributed by atoms with Crippen LogP contribution in [0.2, 0.25) is 0 Å². The van der Waals surface area contributed by atoms with E-state index in [4.69, 9.17) is 0 Å². The summed E-state index contributed by atoms with van der Waals surface area (Å²) in [5.74, 6) is -0.608. The summed E-state index contributed by atoms with van der Waals surface area (Å²) in [6, 6.07) is 14.3. The highest BCUT2D eigenvalue weighted by Gasteiger charge is 2.43. The Morgan fingerprint density at radius 1 is 1.00 bits per heavy atom. The summed E-state index contributed by atoms with van der Waals surface area (Å²) in [4.78, 5) is 13.4. The van der Waals surface area contributed by atoms with Gasteiger partial charge in [0.25, 0.3) is 0 Å². The molecule has 1 heterocycles. The number of ketones is 1. The van der Waals surface area contributed by atoms with Crippen molar-refractivity contribution in [3.63, 3.8) is 0 Å². The molecular weight excluding hydrogens is 358 g/mol. The quantitative estimate of drug-likeness (QED) is 0.579. The molecule has 1 aliphatic heterocycles. The molecule has 3 rings (SSSR count). The Morgan fingerprint density at radius 3 is 2.19 bits per heavy atom. The van der Waals surface area contributed by atoms with Gasteiger partial charge in [0.1, 0.15) is 0 Å². The molecule has 0 saturated carbocycles. The van der Waals surface area contributed by atoms with E-state index in [9.17, 15) is 13.2 Å². The predicted octanol–water partition coefficient (Wildman–Crippen LogP) is 4.00. The van der Waals surface area contributed by atoms with Crippen molar-refractivity contribution in [2.45, 2.75) is 25.7 Å².